The molecule has 0 bridgehead atoms. The van der Waals surface area contributed by atoms with Crippen LogP contribution in [-0.4, -0.2) is 16.0 Å². The van der Waals surface area contributed by atoms with Gasteiger partial charge in [0.15, 0.2) is 0 Å². The molecule has 1 aliphatic carbocycles. The fourth-order valence-corrected chi connectivity index (χ4v) is 1.90. The highest BCUT2D eigenvalue weighted by atomic mass is 16.5. The van der Waals surface area contributed by atoms with Crippen LogP contribution >= 0.6 is 0 Å². The van der Waals surface area contributed by atoms with Gasteiger partial charge in [0.05, 0.1) is 0 Å². The minimum absolute atomic E-state index is 0.132. The lowest BCUT2D eigenvalue weighted by atomic mass is 9.88. The van der Waals surface area contributed by atoms with Crippen molar-refractivity contribution in [3.05, 3.63) is 59.2 Å². The molecule has 1 aliphatic rings. The van der Waals surface area contributed by atoms with Crippen molar-refractivity contribution in [3.63, 3.8) is 0 Å². The second kappa shape index (κ2) is 3.89. The van der Waals surface area contributed by atoms with Crippen LogP contribution < -0.4 is 0 Å². The largest absolute Gasteiger partial charge is 0.359 e. The third-order valence-electron chi connectivity index (χ3n) is 2.97. The Morgan fingerprint density at radius 3 is 2.56 bits per heavy atom. The van der Waals surface area contributed by atoms with Gasteiger partial charge >= 0.3 is 0 Å². The molecule has 0 amide bonds. The number of hydrogen-bond donors (Lipinski definition) is 2. The predicted molar refractivity (Wildman–Crippen MR) is 64.0 cm³/mol. The molecule has 2 nitrogen and oxygen atoms in total. The van der Waals surface area contributed by atoms with Crippen LogP contribution in [0.3, 0.4) is 0 Å². The zero-order valence-corrected chi connectivity index (χ0v) is 9.51. The fourth-order valence-electron chi connectivity index (χ4n) is 1.90. The SMILES string of the molecule is CC1=CC(c2cccc(C)c2)C=CC1(O)O. The summed E-state index contributed by atoms with van der Waals surface area (Å²) in [6.45, 7) is 3.78. The molecule has 1 aromatic carbocycles. The molecule has 1 aromatic rings. The van der Waals surface area contributed by atoms with Crippen LogP contribution in [0.4, 0.5) is 0 Å². The van der Waals surface area contributed by atoms with E-state index in [9.17, 15) is 10.2 Å². The number of allylic oxidation sites excluding steroid dienone is 2. The lowest BCUT2D eigenvalue weighted by Crippen LogP contribution is -2.29. The first kappa shape index (κ1) is 11.1. The third kappa shape index (κ3) is 2.08. The van der Waals surface area contributed by atoms with Crippen LogP contribution in [0, 0.1) is 6.92 Å². The van der Waals surface area contributed by atoms with E-state index in [0.29, 0.717) is 5.57 Å². The van der Waals surface area contributed by atoms with Crippen molar-refractivity contribution in [3.8, 4) is 0 Å². The lowest BCUT2D eigenvalue weighted by Gasteiger charge is -2.25. The number of rotatable bonds is 1. The van der Waals surface area contributed by atoms with Crippen molar-refractivity contribution in [2.24, 2.45) is 0 Å². The summed E-state index contributed by atoms with van der Waals surface area (Å²) in [5.41, 5.74) is 2.95. The zero-order valence-electron chi connectivity index (χ0n) is 9.51. The topological polar surface area (TPSA) is 40.5 Å². The van der Waals surface area contributed by atoms with Gasteiger partial charge in [-0.05, 0) is 31.1 Å². The Labute approximate surface area is 95.6 Å². The van der Waals surface area contributed by atoms with Crippen molar-refractivity contribution >= 4 is 0 Å². The number of benzene rings is 1. The highest BCUT2D eigenvalue weighted by Gasteiger charge is 2.26. The van der Waals surface area contributed by atoms with E-state index in [0.717, 1.165) is 0 Å². The van der Waals surface area contributed by atoms with Gasteiger partial charge in [-0.1, -0.05) is 42.0 Å². The van der Waals surface area contributed by atoms with Crippen LogP contribution in [0.2, 0.25) is 0 Å². The molecular weight excluding hydrogens is 200 g/mol. The molecule has 2 rings (SSSR count). The minimum Gasteiger partial charge on any atom is -0.359 e. The maximum Gasteiger partial charge on any atom is 0.205 e. The molecule has 0 aliphatic heterocycles. The maximum atomic E-state index is 9.56. The van der Waals surface area contributed by atoms with E-state index in [1.54, 1.807) is 6.92 Å². The van der Waals surface area contributed by atoms with E-state index in [1.807, 2.05) is 24.3 Å². The van der Waals surface area contributed by atoms with Gasteiger partial charge in [-0.3, -0.25) is 0 Å². The van der Waals surface area contributed by atoms with Gasteiger partial charge < -0.3 is 10.2 Å². The lowest BCUT2D eigenvalue weighted by molar-refractivity contribution is -0.0858. The van der Waals surface area contributed by atoms with Gasteiger partial charge in [0.2, 0.25) is 5.79 Å². The van der Waals surface area contributed by atoms with Gasteiger partial charge in [-0.25, -0.2) is 0 Å². The van der Waals surface area contributed by atoms with Crippen molar-refractivity contribution in [1.82, 2.24) is 0 Å². The first-order chi connectivity index (χ1) is 7.49. The Morgan fingerprint density at radius 1 is 1.19 bits per heavy atom. The first-order valence-corrected chi connectivity index (χ1v) is 5.38. The molecule has 0 radical (unpaired) electrons. The quantitative estimate of drug-likeness (QED) is 0.558. The highest BCUT2D eigenvalue weighted by Crippen LogP contribution is 2.30. The van der Waals surface area contributed by atoms with E-state index in [2.05, 4.69) is 19.1 Å². The summed E-state index contributed by atoms with van der Waals surface area (Å²) in [5, 5.41) is 19.1. The van der Waals surface area contributed by atoms with Crippen molar-refractivity contribution < 1.29 is 10.2 Å². The molecule has 16 heavy (non-hydrogen) atoms. The molecular formula is C14H16O2. The number of aliphatic hydroxyl groups is 2. The Morgan fingerprint density at radius 2 is 1.94 bits per heavy atom. The van der Waals surface area contributed by atoms with Crippen LogP contribution in [0.1, 0.15) is 24.0 Å². The summed E-state index contributed by atoms with van der Waals surface area (Å²) in [5.74, 6) is -1.65. The Balaban J connectivity index is 2.33. The summed E-state index contributed by atoms with van der Waals surface area (Å²) in [7, 11) is 0. The van der Waals surface area contributed by atoms with Gasteiger partial charge in [0, 0.05) is 5.92 Å². The van der Waals surface area contributed by atoms with Gasteiger partial charge in [-0.15, -0.1) is 0 Å². The summed E-state index contributed by atoms with van der Waals surface area (Å²) < 4.78 is 0. The first-order valence-electron chi connectivity index (χ1n) is 5.38. The molecule has 0 heterocycles. The van der Waals surface area contributed by atoms with Crippen LogP contribution in [0.15, 0.2) is 48.1 Å². The molecule has 1 atom stereocenters. The average molecular weight is 216 g/mol. The summed E-state index contributed by atoms with van der Waals surface area (Å²) >= 11 is 0. The van der Waals surface area contributed by atoms with Gasteiger partial charge in [0.25, 0.3) is 0 Å². The van der Waals surface area contributed by atoms with Crippen molar-refractivity contribution in [1.29, 1.82) is 0 Å². The van der Waals surface area contributed by atoms with E-state index in [1.165, 1.54) is 17.2 Å². The molecule has 0 aromatic heterocycles. The molecule has 0 saturated heterocycles. The van der Waals surface area contributed by atoms with Gasteiger partial charge in [0.1, 0.15) is 0 Å². The second-order valence-corrected chi connectivity index (χ2v) is 4.37. The number of hydrogen-bond acceptors (Lipinski definition) is 2. The smallest absolute Gasteiger partial charge is 0.205 e. The average Bonchev–Trinajstić information content (AvgIpc) is 2.22. The molecule has 0 fully saturated rings. The standard InChI is InChI=1S/C14H16O2/c1-10-4-3-5-12(8-10)13-6-7-14(15,16)11(2)9-13/h3-9,13,15-16H,1-2H3. The molecule has 0 spiro atoms. The molecule has 1 unspecified atom stereocenters. The highest BCUT2D eigenvalue weighted by molar-refractivity contribution is 5.38. The zero-order chi connectivity index (χ0) is 11.8. The summed E-state index contributed by atoms with van der Waals surface area (Å²) in [4.78, 5) is 0. The van der Waals surface area contributed by atoms with E-state index in [4.69, 9.17) is 0 Å². The Kier molecular flexibility index (Phi) is 2.70. The van der Waals surface area contributed by atoms with E-state index < -0.39 is 5.79 Å². The summed E-state index contributed by atoms with van der Waals surface area (Å²) in [6.07, 6.45) is 5.14. The second-order valence-electron chi connectivity index (χ2n) is 4.37. The van der Waals surface area contributed by atoms with Crippen LogP contribution in [0.25, 0.3) is 0 Å². The van der Waals surface area contributed by atoms with Crippen LogP contribution in [-0.2, 0) is 0 Å². The Bertz CT molecular complexity index is 456. The predicted octanol–water partition coefficient (Wildman–Crippen LogP) is 2.28. The maximum absolute atomic E-state index is 9.56. The third-order valence-corrected chi connectivity index (χ3v) is 2.97. The summed E-state index contributed by atoms with van der Waals surface area (Å²) in [6, 6.07) is 8.23. The molecule has 2 N–H and O–H groups in total. The fraction of sp³-hybridized carbons (Fsp3) is 0.286. The van der Waals surface area contributed by atoms with Gasteiger partial charge in [-0.2, -0.15) is 0 Å². The monoisotopic (exact) mass is 216 g/mol. The molecule has 84 valence electrons. The molecule has 2 heteroatoms. The van der Waals surface area contributed by atoms with Crippen LogP contribution in [0.5, 0.6) is 0 Å². The van der Waals surface area contributed by atoms with E-state index >= 15 is 0 Å². The van der Waals surface area contributed by atoms with Crippen molar-refractivity contribution in [2.45, 2.75) is 25.6 Å². The minimum atomic E-state index is -1.78. The number of aryl methyl sites for hydroxylation is 1. The van der Waals surface area contributed by atoms with Crippen molar-refractivity contribution in [2.75, 3.05) is 0 Å². The van der Waals surface area contributed by atoms with E-state index in [-0.39, 0.29) is 5.92 Å². The Hall–Kier alpha value is -1.38. The molecule has 0 saturated carbocycles. The normalized spacial score (nSPS) is 23.0.